The Balaban J connectivity index is 2.55. The molecule has 0 unspecified atom stereocenters. The van der Waals surface area contributed by atoms with Gasteiger partial charge in [-0.15, -0.1) is 0 Å². The number of fused-ring (bicyclic) bond motifs is 1. The number of hydrogen-bond acceptors (Lipinski definition) is 2. The molecule has 2 N–H and O–H groups in total. The van der Waals surface area contributed by atoms with Gasteiger partial charge in [0.25, 0.3) is 0 Å². The Hall–Kier alpha value is -0.840. The first kappa shape index (κ1) is 11.6. The zero-order chi connectivity index (χ0) is 11.7. The topological polar surface area (TPSA) is 38.9 Å². The zero-order valence-electron chi connectivity index (χ0n) is 9.50. The van der Waals surface area contributed by atoms with Gasteiger partial charge in [0.2, 0.25) is 0 Å². The molecule has 2 aromatic rings. The van der Waals surface area contributed by atoms with Crippen LogP contribution >= 0.6 is 22.6 Å². The van der Waals surface area contributed by atoms with E-state index in [2.05, 4.69) is 53.6 Å². The molecule has 16 heavy (non-hydrogen) atoms. The van der Waals surface area contributed by atoms with Gasteiger partial charge in [-0.25, -0.2) is 0 Å². The first-order valence-electron chi connectivity index (χ1n) is 5.41. The lowest BCUT2D eigenvalue weighted by Crippen LogP contribution is -2.00. The van der Waals surface area contributed by atoms with Gasteiger partial charge in [-0.05, 0) is 59.2 Å². The lowest BCUT2D eigenvalue weighted by atomic mass is 10.1. The highest BCUT2D eigenvalue weighted by Gasteiger charge is 2.05. The summed E-state index contributed by atoms with van der Waals surface area (Å²) in [5.74, 6) is 0.605. The Morgan fingerprint density at radius 2 is 2.06 bits per heavy atom. The second-order valence-electron chi connectivity index (χ2n) is 4.46. The van der Waals surface area contributed by atoms with Gasteiger partial charge in [0.15, 0.2) is 0 Å². The molecule has 2 rings (SSSR count). The quantitative estimate of drug-likeness (QED) is 0.856. The van der Waals surface area contributed by atoms with E-state index in [1.807, 2.05) is 12.1 Å². The van der Waals surface area contributed by atoms with E-state index >= 15 is 0 Å². The van der Waals surface area contributed by atoms with Gasteiger partial charge >= 0.3 is 0 Å². The van der Waals surface area contributed by atoms with Crippen LogP contribution in [-0.4, -0.2) is 4.98 Å². The molecule has 0 bridgehead atoms. The van der Waals surface area contributed by atoms with Crippen molar-refractivity contribution in [1.82, 2.24) is 4.98 Å². The van der Waals surface area contributed by atoms with Crippen LogP contribution in [-0.2, 0) is 6.42 Å². The number of nitrogens with two attached hydrogens (primary N) is 1. The molecule has 1 heterocycles. The average molecular weight is 326 g/mol. The molecule has 2 nitrogen and oxygen atoms in total. The Morgan fingerprint density at radius 3 is 2.75 bits per heavy atom. The fraction of sp³-hybridized carbons (Fsp3) is 0.308. The van der Waals surface area contributed by atoms with Crippen molar-refractivity contribution in [3.63, 3.8) is 0 Å². The summed E-state index contributed by atoms with van der Waals surface area (Å²) in [6.07, 6.45) is 0.978. The SMILES string of the molecule is CC(C)Cc1cc(N)c2cc(I)ccc2n1. The highest BCUT2D eigenvalue weighted by atomic mass is 127. The molecule has 0 saturated carbocycles. The van der Waals surface area contributed by atoms with E-state index in [9.17, 15) is 0 Å². The molecule has 3 heteroatoms. The van der Waals surface area contributed by atoms with E-state index in [0.717, 1.165) is 28.7 Å². The molecule has 0 spiro atoms. The second kappa shape index (κ2) is 4.57. The van der Waals surface area contributed by atoms with Crippen LogP contribution in [0.1, 0.15) is 19.5 Å². The molecule has 1 aromatic carbocycles. The van der Waals surface area contributed by atoms with Crippen LogP contribution in [0, 0.1) is 9.49 Å². The molecule has 0 radical (unpaired) electrons. The maximum absolute atomic E-state index is 6.06. The van der Waals surface area contributed by atoms with Crippen LogP contribution < -0.4 is 5.73 Å². The van der Waals surface area contributed by atoms with Crippen molar-refractivity contribution in [1.29, 1.82) is 0 Å². The molecule has 1 aromatic heterocycles. The average Bonchev–Trinajstić information content (AvgIpc) is 2.18. The third kappa shape index (κ3) is 2.45. The summed E-state index contributed by atoms with van der Waals surface area (Å²) in [4.78, 5) is 4.63. The van der Waals surface area contributed by atoms with Crippen LogP contribution in [0.3, 0.4) is 0 Å². The Labute approximate surface area is 109 Å². The minimum atomic E-state index is 0.605. The normalized spacial score (nSPS) is 11.2. The number of aromatic nitrogens is 1. The lowest BCUT2D eigenvalue weighted by Gasteiger charge is -2.08. The van der Waals surface area contributed by atoms with Gasteiger partial charge < -0.3 is 5.73 Å². The van der Waals surface area contributed by atoms with Crippen molar-refractivity contribution in [2.45, 2.75) is 20.3 Å². The zero-order valence-corrected chi connectivity index (χ0v) is 11.7. The molecule has 0 fully saturated rings. The van der Waals surface area contributed by atoms with Gasteiger partial charge in [0.05, 0.1) is 5.52 Å². The smallest absolute Gasteiger partial charge is 0.0726 e. The van der Waals surface area contributed by atoms with Gasteiger partial charge in [0, 0.05) is 20.3 Å². The maximum atomic E-state index is 6.06. The van der Waals surface area contributed by atoms with Crippen molar-refractivity contribution >= 4 is 39.2 Å². The standard InChI is InChI=1S/C13H15IN2/c1-8(2)5-10-7-12(15)11-6-9(14)3-4-13(11)16-10/h3-4,6-8H,5H2,1-2H3,(H2,15,16). The molecule has 0 saturated heterocycles. The van der Waals surface area contributed by atoms with E-state index in [4.69, 9.17) is 5.73 Å². The van der Waals surface area contributed by atoms with E-state index in [1.54, 1.807) is 0 Å². The molecule has 84 valence electrons. The molecule has 0 atom stereocenters. The summed E-state index contributed by atoms with van der Waals surface area (Å²) in [5.41, 5.74) is 8.97. The summed E-state index contributed by atoms with van der Waals surface area (Å²) in [6, 6.07) is 8.18. The van der Waals surface area contributed by atoms with Gasteiger partial charge in [-0.1, -0.05) is 13.8 Å². The minimum absolute atomic E-state index is 0.605. The highest BCUT2D eigenvalue weighted by molar-refractivity contribution is 14.1. The Bertz CT molecular complexity index is 521. The van der Waals surface area contributed by atoms with Crippen LogP contribution in [0.25, 0.3) is 10.9 Å². The number of benzene rings is 1. The van der Waals surface area contributed by atoms with Crippen molar-refractivity contribution < 1.29 is 0 Å². The fourth-order valence-electron chi connectivity index (χ4n) is 1.80. The first-order chi connectivity index (χ1) is 7.56. The van der Waals surface area contributed by atoms with Crippen molar-refractivity contribution in [2.24, 2.45) is 5.92 Å². The molecule has 0 amide bonds. The number of pyridine rings is 1. The number of nitrogen functional groups attached to an aromatic ring is 1. The largest absolute Gasteiger partial charge is 0.398 e. The van der Waals surface area contributed by atoms with Crippen molar-refractivity contribution in [2.75, 3.05) is 5.73 Å². The summed E-state index contributed by atoms with van der Waals surface area (Å²) in [5, 5.41) is 1.06. The van der Waals surface area contributed by atoms with Crippen molar-refractivity contribution in [3.05, 3.63) is 33.5 Å². The van der Waals surface area contributed by atoms with Gasteiger partial charge in [-0.2, -0.15) is 0 Å². The van der Waals surface area contributed by atoms with Crippen LogP contribution in [0.5, 0.6) is 0 Å². The predicted octanol–water partition coefficient (Wildman–Crippen LogP) is 3.62. The van der Waals surface area contributed by atoms with E-state index in [0.29, 0.717) is 5.92 Å². The minimum Gasteiger partial charge on any atom is -0.398 e. The molecule has 0 aliphatic carbocycles. The number of nitrogens with zero attached hydrogens (tertiary/aromatic N) is 1. The van der Waals surface area contributed by atoms with Crippen molar-refractivity contribution in [3.8, 4) is 0 Å². The number of rotatable bonds is 2. The Kier molecular flexibility index (Phi) is 3.33. The highest BCUT2D eigenvalue weighted by Crippen LogP contribution is 2.23. The van der Waals surface area contributed by atoms with Crippen LogP contribution in [0.15, 0.2) is 24.3 Å². The second-order valence-corrected chi connectivity index (χ2v) is 5.71. The maximum Gasteiger partial charge on any atom is 0.0726 e. The Morgan fingerprint density at radius 1 is 1.31 bits per heavy atom. The van der Waals surface area contributed by atoms with Gasteiger partial charge in [-0.3, -0.25) is 4.98 Å². The van der Waals surface area contributed by atoms with Crippen LogP contribution in [0.4, 0.5) is 5.69 Å². The number of halogens is 1. The summed E-state index contributed by atoms with van der Waals surface area (Å²) >= 11 is 2.29. The third-order valence-corrected chi connectivity index (χ3v) is 3.14. The number of hydrogen-bond donors (Lipinski definition) is 1. The fourth-order valence-corrected chi connectivity index (χ4v) is 2.30. The van der Waals surface area contributed by atoms with E-state index in [1.165, 1.54) is 3.57 Å². The summed E-state index contributed by atoms with van der Waals surface area (Å²) in [7, 11) is 0. The monoisotopic (exact) mass is 326 g/mol. The number of anilines is 1. The lowest BCUT2D eigenvalue weighted by molar-refractivity contribution is 0.637. The molecule has 0 aliphatic heterocycles. The summed E-state index contributed by atoms with van der Waals surface area (Å²) in [6.45, 7) is 4.38. The molecule has 0 aliphatic rings. The predicted molar refractivity (Wildman–Crippen MR) is 77.4 cm³/mol. The third-order valence-electron chi connectivity index (χ3n) is 2.47. The molecular weight excluding hydrogens is 311 g/mol. The van der Waals surface area contributed by atoms with Gasteiger partial charge in [0.1, 0.15) is 0 Å². The van der Waals surface area contributed by atoms with E-state index in [-0.39, 0.29) is 0 Å². The molecular formula is C13H15IN2. The van der Waals surface area contributed by atoms with E-state index < -0.39 is 0 Å². The van der Waals surface area contributed by atoms with Crippen LogP contribution in [0.2, 0.25) is 0 Å². The first-order valence-corrected chi connectivity index (χ1v) is 6.49. The summed E-state index contributed by atoms with van der Waals surface area (Å²) < 4.78 is 1.19.